The third-order valence-corrected chi connectivity index (χ3v) is 5.85. The van der Waals surface area contributed by atoms with E-state index < -0.39 is 24.9 Å². The van der Waals surface area contributed by atoms with Gasteiger partial charge in [0, 0.05) is 0 Å². The van der Waals surface area contributed by atoms with Gasteiger partial charge >= 0.3 is 0 Å². The second kappa shape index (κ2) is 12.3. The zero-order valence-corrected chi connectivity index (χ0v) is 13.5. The lowest BCUT2D eigenvalue weighted by atomic mass is 10.1. The Morgan fingerprint density at radius 2 is 1.32 bits per heavy atom. The van der Waals surface area contributed by atoms with Crippen molar-refractivity contribution in [3.05, 3.63) is 0 Å². The van der Waals surface area contributed by atoms with Crippen LogP contribution in [0.4, 0.5) is 0 Å². The lowest BCUT2D eigenvalue weighted by molar-refractivity contribution is -0.0706. The fourth-order valence-electron chi connectivity index (χ4n) is 1.43. The number of unbranched alkanes of at least 4 members (excludes halogenated alkanes) is 2. The van der Waals surface area contributed by atoms with Gasteiger partial charge in [0.05, 0.1) is 11.2 Å². The van der Waals surface area contributed by atoms with E-state index in [1.54, 1.807) is 23.5 Å². The van der Waals surface area contributed by atoms with Crippen LogP contribution in [0.5, 0.6) is 0 Å². The largest absolute Gasteiger partial charge is 0.394 e. The van der Waals surface area contributed by atoms with Crippen LogP contribution in [0, 0.1) is 0 Å². The zero-order chi connectivity index (χ0) is 14.7. The summed E-state index contributed by atoms with van der Waals surface area (Å²) in [6, 6.07) is 0. The van der Waals surface area contributed by atoms with Gasteiger partial charge in [0.2, 0.25) is 0 Å². The van der Waals surface area contributed by atoms with Gasteiger partial charge in [-0.3, -0.25) is 0 Å². The van der Waals surface area contributed by atoms with Gasteiger partial charge in [-0.05, 0) is 24.3 Å². The van der Waals surface area contributed by atoms with E-state index >= 15 is 0 Å². The molecule has 0 fully saturated rings. The third kappa shape index (κ3) is 8.42. The van der Waals surface area contributed by atoms with Crippen molar-refractivity contribution < 1.29 is 20.4 Å². The molecule has 0 aliphatic carbocycles. The van der Waals surface area contributed by atoms with Crippen LogP contribution < -0.4 is 0 Å². The fourth-order valence-corrected chi connectivity index (χ4v) is 4.48. The van der Waals surface area contributed by atoms with Gasteiger partial charge in [0.15, 0.2) is 0 Å². The van der Waals surface area contributed by atoms with Crippen LogP contribution in [0.2, 0.25) is 0 Å². The second-order valence-corrected chi connectivity index (χ2v) is 7.35. The van der Waals surface area contributed by atoms with Crippen LogP contribution in [0.3, 0.4) is 0 Å². The van der Waals surface area contributed by atoms with E-state index in [-0.39, 0.29) is 4.58 Å². The van der Waals surface area contributed by atoms with Crippen LogP contribution in [0.1, 0.15) is 39.5 Å². The van der Waals surface area contributed by atoms with E-state index in [0.29, 0.717) is 0 Å². The molecule has 0 saturated carbocycles. The average molecular weight is 312 g/mol. The molecule has 6 heteroatoms. The number of rotatable bonds is 12. The van der Waals surface area contributed by atoms with Crippen LogP contribution in [0.25, 0.3) is 0 Å². The fraction of sp³-hybridized carbons (Fsp3) is 1.00. The Morgan fingerprint density at radius 3 is 1.68 bits per heavy atom. The van der Waals surface area contributed by atoms with Crippen molar-refractivity contribution in [2.75, 3.05) is 18.1 Å². The monoisotopic (exact) mass is 312 g/mol. The molecule has 0 aromatic carbocycles. The van der Waals surface area contributed by atoms with Crippen LogP contribution in [0.15, 0.2) is 0 Å². The molecule has 0 unspecified atom stereocenters. The van der Waals surface area contributed by atoms with Crippen molar-refractivity contribution in [1.29, 1.82) is 0 Å². The van der Waals surface area contributed by atoms with Crippen molar-refractivity contribution >= 4 is 23.5 Å². The summed E-state index contributed by atoms with van der Waals surface area (Å²) in [4.78, 5) is 0. The molecule has 0 amide bonds. The summed E-state index contributed by atoms with van der Waals surface area (Å²) in [5.74, 6) is 1.86. The predicted molar refractivity (Wildman–Crippen MR) is 83.6 cm³/mol. The Hall–Kier alpha value is 0.540. The molecule has 0 heterocycles. The van der Waals surface area contributed by atoms with Crippen molar-refractivity contribution in [3.8, 4) is 0 Å². The normalized spacial score (nSPS) is 16.6. The SMILES string of the molecule is CCCCSC(SCCCC)[C@@H](O)[C@@H](O)[C@H](O)CO. The average Bonchev–Trinajstić information content (AvgIpc) is 2.43. The molecule has 116 valence electrons. The zero-order valence-electron chi connectivity index (χ0n) is 11.9. The molecule has 0 aliphatic heterocycles. The highest BCUT2D eigenvalue weighted by molar-refractivity contribution is 8.17. The molecule has 19 heavy (non-hydrogen) atoms. The van der Waals surface area contributed by atoms with E-state index in [9.17, 15) is 15.3 Å². The Kier molecular flexibility index (Phi) is 12.6. The molecule has 0 aromatic rings. The summed E-state index contributed by atoms with van der Waals surface area (Å²) >= 11 is 3.24. The van der Waals surface area contributed by atoms with Crippen LogP contribution in [-0.4, -0.2) is 61.4 Å². The Bertz CT molecular complexity index is 197. The number of hydrogen-bond donors (Lipinski definition) is 4. The molecule has 0 spiro atoms. The van der Waals surface area contributed by atoms with Crippen molar-refractivity contribution in [2.45, 2.75) is 62.4 Å². The van der Waals surface area contributed by atoms with E-state index in [2.05, 4.69) is 13.8 Å². The van der Waals surface area contributed by atoms with Gasteiger partial charge in [0.25, 0.3) is 0 Å². The molecule has 4 nitrogen and oxygen atoms in total. The minimum absolute atomic E-state index is 0.158. The van der Waals surface area contributed by atoms with E-state index in [1.807, 2.05) is 0 Å². The Labute approximate surface area is 125 Å². The third-order valence-electron chi connectivity index (χ3n) is 2.77. The van der Waals surface area contributed by atoms with Gasteiger partial charge in [-0.15, -0.1) is 23.5 Å². The molecule has 0 bridgehead atoms. The Morgan fingerprint density at radius 1 is 0.842 bits per heavy atom. The first-order chi connectivity index (χ1) is 9.08. The standard InChI is InChI=1S/C13H28O4S2/c1-3-5-7-18-13(19-8-6-4-2)12(17)11(16)10(15)9-14/h10-17H,3-9H2,1-2H3/t10-,11+,12+/m1/s1. The summed E-state index contributed by atoms with van der Waals surface area (Å²) in [7, 11) is 0. The minimum atomic E-state index is -1.29. The smallest absolute Gasteiger partial charge is 0.110 e. The van der Waals surface area contributed by atoms with Gasteiger partial charge in [-0.2, -0.15) is 0 Å². The highest BCUT2D eigenvalue weighted by atomic mass is 32.2. The van der Waals surface area contributed by atoms with Crippen LogP contribution in [-0.2, 0) is 0 Å². The quantitative estimate of drug-likeness (QED) is 0.323. The second-order valence-electron chi connectivity index (χ2n) is 4.55. The maximum atomic E-state index is 10.1. The predicted octanol–water partition coefficient (Wildman–Crippen LogP) is 1.45. The lowest BCUT2D eigenvalue weighted by Crippen LogP contribution is -2.44. The number of aliphatic hydroxyl groups is 4. The van der Waals surface area contributed by atoms with Crippen molar-refractivity contribution in [1.82, 2.24) is 0 Å². The van der Waals surface area contributed by atoms with Gasteiger partial charge in [-0.1, -0.05) is 26.7 Å². The summed E-state index contributed by atoms with van der Waals surface area (Å²) < 4.78 is -0.158. The summed E-state index contributed by atoms with van der Waals surface area (Å²) in [5, 5.41) is 38.1. The Balaban J connectivity index is 4.33. The maximum Gasteiger partial charge on any atom is 0.110 e. The molecular formula is C13H28O4S2. The highest BCUT2D eigenvalue weighted by Crippen LogP contribution is 2.30. The minimum Gasteiger partial charge on any atom is -0.394 e. The molecule has 3 atom stereocenters. The molecule has 0 aromatic heterocycles. The number of hydrogen-bond acceptors (Lipinski definition) is 6. The van der Waals surface area contributed by atoms with E-state index in [4.69, 9.17) is 5.11 Å². The number of aliphatic hydroxyl groups excluding tert-OH is 4. The highest BCUT2D eigenvalue weighted by Gasteiger charge is 2.31. The lowest BCUT2D eigenvalue weighted by Gasteiger charge is -2.28. The first-order valence-electron chi connectivity index (χ1n) is 6.96. The van der Waals surface area contributed by atoms with Crippen LogP contribution >= 0.6 is 23.5 Å². The first-order valence-corrected chi connectivity index (χ1v) is 9.06. The van der Waals surface area contributed by atoms with Crippen molar-refractivity contribution in [2.24, 2.45) is 0 Å². The van der Waals surface area contributed by atoms with E-state index in [0.717, 1.165) is 37.2 Å². The van der Waals surface area contributed by atoms with Gasteiger partial charge in [-0.25, -0.2) is 0 Å². The summed E-state index contributed by atoms with van der Waals surface area (Å²) in [6.07, 6.45) is 0.733. The summed E-state index contributed by atoms with van der Waals surface area (Å²) in [6.45, 7) is 3.69. The van der Waals surface area contributed by atoms with E-state index in [1.165, 1.54) is 0 Å². The summed E-state index contributed by atoms with van der Waals surface area (Å²) in [5.41, 5.74) is 0. The topological polar surface area (TPSA) is 80.9 Å². The molecule has 0 aliphatic rings. The molecular weight excluding hydrogens is 284 g/mol. The van der Waals surface area contributed by atoms with Crippen molar-refractivity contribution in [3.63, 3.8) is 0 Å². The molecule has 0 radical (unpaired) electrons. The number of thioether (sulfide) groups is 2. The van der Waals surface area contributed by atoms with Gasteiger partial charge in [0.1, 0.15) is 18.3 Å². The maximum absolute atomic E-state index is 10.1. The molecule has 0 saturated heterocycles. The molecule has 0 rings (SSSR count). The molecule has 4 N–H and O–H groups in total. The first kappa shape index (κ1) is 19.5. The van der Waals surface area contributed by atoms with Gasteiger partial charge < -0.3 is 20.4 Å².